The van der Waals surface area contributed by atoms with Gasteiger partial charge in [-0.15, -0.1) is 0 Å². The third kappa shape index (κ3) is 4.42. The molecular weight excluding hydrogens is 328 g/mol. The molecule has 1 aliphatic rings. The first-order chi connectivity index (χ1) is 12.0. The van der Waals surface area contributed by atoms with Crippen molar-refractivity contribution in [3.8, 4) is 11.5 Å². The van der Waals surface area contributed by atoms with Crippen LogP contribution in [0.3, 0.4) is 0 Å². The van der Waals surface area contributed by atoms with Gasteiger partial charge in [0.25, 0.3) is 0 Å². The Morgan fingerprint density at radius 3 is 2.28 bits per heavy atom. The zero-order chi connectivity index (χ0) is 18.4. The Morgan fingerprint density at radius 1 is 1.08 bits per heavy atom. The third-order valence-corrected chi connectivity index (χ3v) is 3.72. The van der Waals surface area contributed by atoms with Crippen LogP contribution < -0.4 is 20.1 Å². The molecule has 2 rings (SSSR count). The highest BCUT2D eigenvalue weighted by molar-refractivity contribution is 5.95. The van der Waals surface area contributed by atoms with Gasteiger partial charge in [0.1, 0.15) is 18.1 Å². The maximum absolute atomic E-state index is 12.5. The molecule has 0 bridgehead atoms. The number of methoxy groups -OCH3 is 3. The van der Waals surface area contributed by atoms with Gasteiger partial charge in [0, 0.05) is 18.9 Å². The number of ether oxygens (including phenoxy) is 4. The van der Waals surface area contributed by atoms with E-state index >= 15 is 0 Å². The minimum atomic E-state index is -0.687. The van der Waals surface area contributed by atoms with Gasteiger partial charge in [-0.05, 0) is 24.6 Å². The maximum Gasteiger partial charge on any atom is 0.338 e. The Bertz CT molecular complexity index is 663. The van der Waals surface area contributed by atoms with E-state index < -0.39 is 18.0 Å². The van der Waals surface area contributed by atoms with E-state index in [4.69, 9.17) is 18.9 Å². The van der Waals surface area contributed by atoms with Gasteiger partial charge in [-0.1, -0.05) is 0 Å². The van der Waals surface area contributed by atoms with Crippen molar-refractivity contribution in [3.63, 3.8) is 0 Å². The van der Waals surface area contributed by atoms with Crippen molar-refractivity contribution in [2.24, 2.45) is 0 Å². The first-order valence-corrected chi connectivity index (χ1v) is 7.67. The van der Waals surface area contributed by atoms with Crippen LogP contribution in [-0.4, -0.2) is 46.5 Å². The highest BCUT2D eigenvalue weighted by Gasteiger charge is 2.32. The van der Waals surface area contributed by atoms with E-state index in [9.17, 15) is 9.59 Å². The van der Waals surface area contributed by atoms with E-state index in [1.165, 1.54) is 21.3 Å². The summed E-state index contributed by atoms with van der Waals surface area (Å²) in [4.78, 5) is 24.4. The van der Waals surface area contributed by atoms with Crippen LogP contribution in [0.15, 0.2) is 29.5 Å². The number of nitrogens with one attached hydrogen (secondary N) is 2. The number of carbonyl (C=O) groups is 2. The summed E-state index contributed by atoms with van der Waals surface area (Å²) < 4.78 is 20.6. The second-order valence-electron chi connectivity index (χ2n) is 5.34. The van der Waals surface area contributed by atoms with Crippen molar-refractivity contribution in [3.05, 3.63) is 35.0 Å². The molecule has 2 N–H and O–H groups in total. The van der Waals surface area contributed by atoms with E-state index in [1.54, 1.807) is 25.1 Å². The van der Waals surface area contributed by atoms with Crippen LogP contribution in [0, 0.1) is 0 Å². The summed E-state index contributed by atoms with van der Waals surface area (Å²) in [5.41, 5.74) is 1.38. The third-order valence-electron chi connectivity index (χ3n) is 3.72. The number of amides is 2. The van der Waals surface area contributed by atoms with Crippen molar-refractivity contribution in [2.75, 3.05) is 34.5 Å². The van der Waals surface area contributed by atoms with E-state index in [-0.39, 0.29) is 13.2 Å². The highest BCUT2D eigenvalue weighted by atomic mass is 16.6. The molecule has 1 atom stereocenters. The highest BCUT2D eigenvalue weighted by Crippen LogP contribution is 2.32. The molecule has 1 heterocycles. The Labute approximate surface area is 146 Å². The summed E-state index contributed by atoms with van der Waals surface area (Å²) in [5.74, 6) is 0.563. The van der Waals surface area contributed by atoms with Crippen LogP contribution in [0.5, 0.6) is 11.5 Å². The normalized spacial score (nSPS) is 16.8. The zero-order valence-corrected chi connectivity index (χ0v) is 14.7. The van der Waals surface area contributed by atoms with Gasteiger partial charge < -0.3 is 29.6 Å². The summed E-state index contributed by atoms with van der Waals surface area (Å²) in [5, 5.41) is 5.33. The molecule has 2 amide bonds. The molecule has 0 saturated carbocycles. The second-order valence-corrected chi connectivity index (χ2v) is 5.34. The number of hydrogen-bond acceptors (Lipinski definition) is 6. The zero-order valence-electron chi connectivity index (χ0n) is 14.7. The van der Waals surface area contributed by atoms with Crippen LogP contribution in [-0.2, 0) is 14.3 Å². The molecular formula is C17H22N2O6. The quantitative estimate of drug-likeness (QED) is 0.572. The van der Waals surface area contributed by atoms with Crippen molar-refractivity contribution in [1.29, 1.82) is 0 Å². The predicted octanol–water partition coefficient (Wildman–Crippen LogP) is 1.52. The fourth-order valence-electron chi connectivity index (χ4n) is 2.51. The summed E-state index contributed by atoms with van der Waals surface area (Å²) in [7, 11) is 4.58. The molecule has 8 nitrogen and oxygen atoms in total. The SMILES string of the molecule is COCCOC(=O)C1=C(C)NC(=O)N[C@H]1c1cc(OC)cc(OC)c1. The van der Waals surface area contributed by atoms with Crippen molar-refractivity contribution >= 4 is 12.0 Å². The Kier molecular flexibility index (Phi) is 6.24. The fraction of sp³-hybridized carbons (Fsp3) is 0.412. The monoisotopic (exact) mass is 350 g/mol. The summed E-state index contributed by atoms with van der Waals surface area (Å²) in [6.45, 7) is 2.06. The van der Waals surface area contributed by atoms with Gasteiger partial charge in [-0.25, -0.2) is 9.59 Å². The number of allylic oxidation sites excluding steroid dienone is 1. The number of urea groups is 1. The lowest BCUT2D eigenvalue weighted by atomic mass is 9.95. The van der Waals surface area contributed by atoms with Crippen molar-refractivity contribution in [1.82, 2.24) is 10.6 Å². The molecule has 0 unspecified atom stereocenters. The smallest absolute Gasteiger partial charge is 0.338 e. The van der Waals surface area contributed by atoms with Crippen LogP contribution in [0.25, 0.3) is 0 Å². The van der Waals surface area contributed by atoms with Gasteiger partial charge in [-0.3, -0.25) is 0 Å². The van der Waals surface area contributed by atoms with Crippen LogP contribution in [0.4, 0.5) is 4.79 Å². The van der Waals surface area contributed by atoms with Gasteiger partial charge in [-0.2, -0.15) is 0 Å². The average Bonchev–Trinajstić information content (AvgIpc) is 2.60. The Hall–Kier alpha value is -2.74. The van der Waals surface area contributed by atoms with Gasteiger partial charge in [0.05, 0.1) is 32.4 Å². The van der Waals surface area contributed by atoms with Crippen LogP contribution in [0.1, 0.15) is 18.5 Å². The fourth-order valence-corrected chi connectivity index (χ4v) is 2.51. The summed E-state index contributed by atoms with van der Waals surface area (Å²) >= 11 is 0. The molecule has 136 valence electrons. The molecule has 25 heavy (non-hydrogen) atoms. The lowest BCUT2D eigenvalue weighted by molar-refractivity contribution is -0.140. The minimum absolute atomic E-state index is 0.119. The average molecular weight is 350 g/mol. The number of benzene rings is 1. The van der Waals surface area contributed by atoms with E-state index in [0.29, 0.717) is 28.3 Å². The standard InChI is InChI=1S/C17H22N2O6/c1-10-14(16(20)25-6-5-22-2)15(19-17(21)18-10)11-7-12(23-3)9-13(8-11)24-4/h7-9,15H,5-6H2,1-4H3,(H2,18,19,21)/t15-/m0/s1. The number of rotatable bonds is 7. The van der Waals surface area contributed by atoms with Gasteiger partial charge in [0.15, 0.2) is 0 Å². The summed E-state index contributed by atoms with van der Waals surface area (Å²) in [6, 6.07) is 4.08. The lowest BCUT2D eigenvalue weighted by Crippen LogP contribution is -2.45. The molecule has 0 aromatic heterocycles. The number of esters is 1. The first-order valence-electron chi connectivity index (χ1n) is 7.67. The molecule has 1 aromatic rings. The van der Waals surface area contributed by atoms with E-state index in [1.807, 2.05) is 0 Å². The molecule has 1 aliphatic heterocycles. The van der Waals surface area contributed by atoms with Crippen molar-refractivity contribution < 1.29 is 28.5 Å². The number of hydrogen-bond donors (Lipinski definition) is 2. The summed E-state index contributed by atoms with van der Waals surface area (Å²) in [6.07, 6.45) is 0. The van der Waals surface area contributed by atoms with Gasteiger partial charge >= 0.3 is 12.0 Å². The predicted molar refractivity (Wildman–Crippen MR) is 89.5 cm³/mol. The van der Waals surface area contributed by atoms with E-state index in [2.05, 4.69) is 10.6 Å². The number of carbonyl (C=O) groups excluding carboxylic acids is 2. The second kappa shape index (κ2) is 8.39. The maximum atomic E-state index is 12.5. The Balaban J connectivity index is 2.40. The molecule has 0 spiro atoms. The largest absolute Gasteiger partial charge is 0.497 e. The molecule has 0 fully saturated rings. The van der Waals surface area contributed by atoms with Crippen LogP contribution >= 0.6 is 0 Å². The Morgan fingerprint density at radius 2 is 1.72 bits per heavy atom. The molecule has 0 radical (unpaired) electrons. The van der Waals surface area contributed by atoms with E-state index in [0.717, 1.165) is 0 Å². The minimum Gasteiger partial charge on any atom is -0.497 e. The van der Waals surface area contributed by atoms with Crippen LogP contribution in [0.2, 0.25) is 0 Å². The topological polar surface area (TPSA) is 95.1 Å². The molecule has 0 saturated heterocycles. The lowest BCUT2D eigenvalue weighted by Gasteiger charge is -2.28. The molecule has 1 aromatic carbocycles. The molecule has 8 heteroatoms. The van der Waals surface area contributed by atoms with Crippen molar-refractivity contribution in [2.45, 2.75) is 13.0 Å². The van der Waals surface area contributed by atoms with Gasteiger partial charge in [0.2, 0.25) is 0 Å². The molecule has 0 aliphatic carbocycles. The first kappa shape index (κ1) is 18.6.